The van der Waals surface area contributed by atoms with Crippen LogP contribution in [-0.4, -0.2) is 42.2 Å². The molecular formula is C13H18F2N2O2. The number of aliphatic hydroxyl groups is 1. The summed E-state index contributed by atoms with van der Waals surface area (Å²) in [5.41, 5.74) is 0.104. The van der Waals surface area contributed by atoms with Gasteiger partial charge in [-0.2, -0.15) is 0 Å². The maximum absolute atomic E-state index is 12.9. The molecule has 0 aliphatic carbocycles. The molecule has 0 unspecified atom stereocenters. The average molecular weight is 272 g/mol. The van der Waals surface area contributed by atoms with Crippen LogP contribution in [0.3, 0.4) is 0 Å². The van der Waals surface area contributed by atoms with E-state index >= 15 is 0 Å². The zero-order valence-corrected chi connectivity index (χ0v) is 10.8. The Morgan fingerprint density at radius 2 is 1.89 bits per heavy atom. The van der Waals surface area contributed by atoms with Gasteiger partial charge in [0, 0.05) is 31.3 Å². The van der Waals surface area contributed by atoms with E-state index in [9.17, 15) is 13.6 Å². The molecule has 0 saturated heterocycles. The third kappa shape index (κ3) is 5.76. The van der Waals surface area contributed by atoms with Crippen molar-refractivity contribution < 1.29 is 18.7 Å². The van der Waals surface area contributed by atoms with Gasteiger partial charge in [-0.15, -0.1) is 0 Å². The van der Waals surface area contributed by atoms with Crippen molar-refractivity contribution >= 4 is 11.6 Å². The summed E-state index contributed by atoms with van der Waals surface area (Å²) in [6.07, 6.45) is 0.200. The molecule has 0 aliphatic rings. The number of carbonyl (C=O) groups is 1. The third-order valence-electron chi connectivity index (χ3n) is 2.66. The lowest BCUT2D eigenvalue weighted by Gasteiger charge is -2.18. The molecule has 1 amide bonds. The monoisotopic (exact) mass is 272 g/mol. The van der Waals surface area contributed by atoms with Crippen LogP contribution in [0.2, 0.25) is 0 Å². The third-order valence-corrected chi connectivity index (χ3v) is 2.66. The summed E-state index contributed by atoms with van der Waals surface area (Å²) in [6.45, 7) is 3.67. The molecule has 0 fully saturated rings. The predicted molar refractivity (Wildman–Crippen MR) is 68.8 cm³/mol. The Balaban J connectivity index is 2.46. The summed E-state index contributed by atoms with van der Waals surface area (Å²) in [7, 11) is 0. The number of carbonyl (C=O) groups excluding carboxylic acids is 1. The fourth-order valence-electron chi connectivity index (χ4n) is 1.68. The lowest BCUT2D eigenvalue weighted by atomic mass is 10.2. The first-order valence-electron chi connectivity index (χ1n) is 6.14. The lowest BCUT2D eigenvalue weighted by Crippen LogP contribution is -2.30. The van der Waals surface area contributed by atoms with Crippen molar-refractivity contribution in [2.45, 2.75) is 13.3 Å². The molecule has 0 heterocycles. The normalized spacial score (nSPS) is 10.8. The second-order valence-electron chi connectivity index (χ2n) is 4.11. The number of nitrogens with one attached hydrogen (secondary N) is 1. The molecule has 1 aromatic carbocycles. The highest BCUT2D eigenvalue weighted by atomic mass is 19.1. The predicted octanol–water partition coefficient (Wildman–Crippen LogP) is 1.61. The number of amides is 1. The van der Waals surface area contributed by atoms with Crippen molar-refractivity contribution in [2.75, 3.05) is 31.6 Å². The summed E-state index contributed by atoms with van der Waals surface area (Å²) in [5.74, 6) is -1.78. The standard InChI is InChI=1S/C13H18F2N2O2/c1-2-17(5-6-18)4-3-13(19)16-12-8-10(14)7-11(15)9-12/h7-9,18H,2-6H2,1H3,(H,16,19). The van der Waals surface area contributed by atoms with Crippen LogP contribution in [0.15, 0.2) is 18.2 Å². The van der Waals surface area contributed by atoms with Gasteiger partial charge in [-0.25, -0.2) is 8.78 Å². The zero-order chi connectivity index (χ0) is 14.3. The Morgan fingerprint density at radius 3 is 2.42 bits per heavy atom. The first kappa shape index (κ1) is 15.5. The quantitative estimate of drug-likeness (QED) is 0.793. The molecule has 4 nitrogen and oxygen atoms in total. The van der Waals surface area contributed by atoms with Crippen molar-refractivity contribution in [3.05, 3.63) is 29.8 Å². The van der Waals surface area contributed by atoms with Crippen LogP contribution in [-0.2, 0) is 4.79 Å². The minimum absolute atomic E-state index is 0.0323. The highest BCUT2D eigenvalue weighted by molar-refractivity contribution is 5.90. The Hall–Kier alpha value is -1.53. The van der Waals surface area contributed by atoms with Crippen molar-refractivity contribution in [3.63, 3.8) is 0 Å². The van der Waals surface area contributed by atoms with Gasteiger partial charge in [0.15, 0.2) is 0 Å². The van der Waals surface area contributed by atoms with E-state index in [2.05, 4.69) is 5.32 Å². The summed E-state index contributed by atoms with van der Waals surface area (Å²) in [5, 5.41) is 11.2. The molecule has 0 aliphatic heterocycles. The number of anilines is 1. The summed E-state index contributed by atoms with van der Waals surface area (Å²) in [6, 6.07) is 2.87. The first-order chi connectivity index (χ1) is 9.05. The summed E-state index contributed by atoms with van der Waals surface area (Å²) >= 11 is 0. The molecule has 0 atom stereocenters. The SMILES string of the molecule is CCN(CCO)CCC(=O)Nc1cc(F)cc(F)c1. The smallest absolute Gasteiger partial charge is 0.225 e. The number of nitrogens with zero attached hydrogens (tertiary/aromatic N) is 1. The summed E-state index contributed by atoms with van der Waals surface area (Å²) in [4.78, 5) is 13.5. The minimum Gasteiger partial charge on any atom is -0.395 e. The Morgan fingerprint density at radius 1 is 1.26 bits per heavy atom. The lowest BCUT2D eigenvalue weighted by molar-refractivity contribution is -0.116. The molecule has 0 spiro atoms. The second-order valence-corrected chi connectivity index (χ2v) is 4.11. The van der Waals surface area contributed by atoms with E-state index in [4.69, 9.17) is 5.11 Å². The minimum atomic E-state index is -0.731. The van der Waals surface area contributed by atoms with E-state index in [1.165, 1.54) is 0 Å². The number of aliphatic hydroxyl groups excluding tert-OH is 1. The average Bonchev–Trinajstić information content (AvgIpc) is 2.33. The van der Waals surface area contributed by atoms with Gasteiger partial charge in [0.1, 0.15) is 11.6 Å². The molecule has 106 valence electrons. The Bertz CT molecular complexity index is 407. The molecule has 0 saturated carbocycles. The van der Waals surface area contributed by atoms with Crippen LogP contribution in [0.4, 0.5) is 14.5 Å². The highest BCUT2D eigenvalue weighted by Crippen LogP contribution is 2.13. The molecule has 2 N–H and O–H groups in total. The van der Waals surface area contributed by atoms with Crippen LogP contribution < -0.4 is 5.32 Å². The largest absolute Gasteiger partial charge is 0.395 e. The molecular weight excluding hydrogens is 254 g/mol. The van der Waals surface area contributed by atoms with Gasteiger partial charge >= 0.3 is 0 Å². The number of likely N-dealkylation sites (N-methyl/N-ethyl adjacent to an activating group) is 1. The van der Waals surface area contributed by atoms with Gasteiger partial charge in [0.25, 0.3) is 0 Å². The first-order valence-corrected chi connectivity index (χ1v) is 6.14. The van der Waals surface area contributed by atoms with Gasteiger partial charge < -0.3 is 15.3 Å². The number of halogens is 2. The van der Waals surface area contributed by atoms with Crippen LogP contribution in [0, 0.1) is 11.6 Å². The van der Waals surface area contributed by atoms with Gasteiger partial charge in [0.05, 0.1) is 6.61 Å². The van der Waals surface area contributed by atoms with Crippen molar-refractivity contribution in [1.29, 1.82) is 0 Å². The molecule has 0 bridgehead atoms. The van der Waals surface area contributed by atoms with E-state index in [0.717, 1.165) is 24.7 Å². The number of benzene rings is 1. The van der Waals surface area contributed by atoms with Crippen LogP contribution in [0.25, 0.3) is 0 Å². The number of hydrogen-bond donors (Lipinski definition) is 2. The Kier molecular flexibility index (Phi) is 6.38. The van der Waals surface area contributed by atoms with Gasteiger partial charge in [-0.3, -0.25) is 4.79 Å². The second kappa shape index (κ2) is 7.81. The molecule has 0 radical (unpaired) electrons. The molecule has 6 heteroatoms. The van der Waals surface area contributed by atoms with Crippen molar-refractivity contribution in [2.24, 2.45) is 0 Å². The zero-order valence-electron chi connectivity index (χ0n) is 10.8. The maximum Gasteiger partial charge on any atom is 0.225 e. The fourth-order valence-corrected chi connectivity index (χ4v) is 1.68. The molecule has 0 aromatic heterocycles. The topological polar surface area (TPSA) is 52.6 Å². The fraction of sp³-hybridized carbons (Fsp3) is 0.462. The van der Waals surface area contributed by atoms with E-state index in [1.54, 1.807) is 0 Å². The van der Waals surface area contributed by atoms with Crippen LogP contribution >= 0.6 is 0 Å². The number of rotatable bonds is 7. The molecule has 1 rings (SSSR count). The van der Waals surface area contributed by atoms with Gasteiger partial charge in [-0.05, 0) is 18.7 Å². The molecule has 19 heavy (non-hydrogen) atoms. The summed E-state index contributed by atoms with van der Waals surface area (Å²) < 4.78 is 25.8. The van der Waals surface area contributed by atoms with Gasteiger partial charge in [0.2, 0.25) is 5.91 Å². The van der Waals surface area contributed by atoms with E-state index in [0.29, 0.717) is 13.1 Å². The molecule has 1 aromatic rings. The Labute approximate surface area is 111 Å². The van der Waals surface area contributed by atoms with Crippen LogP contribution in [0.5, 0.6) is 0 Å². The highest BCUT2D eigenvalue weighted by Gasteiger charge is 2.08. The van der Waals surface area contributed by atoms with Gasteiger partial charge in [-0.1, -0.05) is 6.92 Å². The van der Waals surface area contributed by atoms with Crippen molar-refractivity contribution in [1.82, 2.24) is 4.90 Å². The number of hydrogen-bond acceptors (Lipinski definition) is 3. The van der Waals surface area contributed by atoms with Crippen molar-refractivity contribution in [3.8, 4) is 0 Å². The van der Waals surface area contributed by atoms with E-state index in [1.807, 2.05) is 11.8 Å². The maximum atomic E-state index is 12.9. The van der Waals surface area contributed by atoms with Crippen LogP contribution in [0.1, 0.15) is 13.3 Å². The van der Waals surface area contributed by atoms with E-state index < -0.39 is 11.6 Å². The van der Waals surface area contributed by atoms with E-state index in [-0.39, 0.29) is 24.6 Å².